The Labute approximate surface area is 239 Å². The molecule has 2 aromatic heterocycles. The summed E-state index contributed by atoms with van der Waals surface area (Å²) in [5, 5.41) is 3.63. The van der Waals surface area contributed by atoms with Crippen LogP contribution in [0.4, 0.5) is 17.2 Å². The predicted octanol–water partition coefficient (Wildman–Crippen LogP) is 5.94. The maximum Gasteiger partial charge on any atom is 0.261 e. The number of fused-ring (bicyclic) bond motifs is 1. The number of pyridine rings is 2. The number of ether oxygens (including phenoxy) is 1. The van der Waals surface area contributed by atoms with E-state index in [1.54, 1.807) is 18.3 Å². The van der Waals surface area contributed by atoms with Crippen LogP contribution >= 0.6 is 0 Å². The van der Waals surface area contributed by atoms with Gasteiger partial charge in [0.1, 0.15) is 17.1 Å². The average Bonchev–Trinajstić information content (AvgIpc) is 3.00. The van der Waals surface area contributed by atoms with Crippen LogP contribution in [-0.4, -0.2) is 59.0 Å². The second-order valence-corrected chi connectivity index (χ2v) is 10.2. The molecule has 1 fully saturated rings. The number of hydrogen-bond donors (Lipinski definition) is 1. The number of aromatic nitrogens is 2. The number of carbonyl (C=O) groups excluding carboxylic acids is 2. The van der Waals surface area contributed by atoms with Gasteiger partial charge in [-0.15, -0.1) is 0 Å². The van der Waals surface area contributed by atoms with E-state index in [1.165, 1.54) is 13.3 Å². The summed E-state index contributed by atoms with van der Waals surface area (Å²) in [5.74, 6) is 1.04. The number of para-hydroxylation sites is 1. The van der Waals surface area contributed by atoms with Gasteiger partial charge in [-0.05, 0) is 37.6 Å². The van der Waals surface area contributed by atoms with Crippen LogP contribution < -0.4 is 15.0 Å². The largest absolute Gasteiger partial charge is 0.495 e. The normalized spacial score (nSPS) is 16.8. The van der Waals surface area contributed by atoms with Crippen molar-refractivity contribution >= 4 is 39.9 Å². The molecular formula is C32H32N6O3. The minimum atomic E-state index is -0.355. The molecule has 41 heavy (non-hydrogen) atoms. The SMILES string of the molecule is [C-]#[N+]c1ccc(-c2cccc3c(OC)c(C(=O)Nc4ccc(N5C[C@@H](C)N(C(=O)CC)[C@@H](C)C5)nc4)cnc23)cc1. The molecule has 0 bridgehead atoms. The molecule has 5 rings (SSSR count). The van der Waals surface area contributed by atoms with Gasteiger partial charge in [0.25, 0.3) is 5.91 Å². The molecule has 2 atom stereocenters. The van der Waals surface area contributed by atoms with Crippen molar-refractivity contribution in [3.05, 3.63) is 84.0 Å². The average molecular weight is 549 g/mol. The predicted molar refractivity (Wildman–Crippen MR) is 160 cm³/mol. The molecule has 2 amide bonds. The summed E-state index contributed by atoms with van der Waals surface area (Å²) in [6, 6.07) is 16.9. The van der Waals surface area contributed by atoms with E-state index in [0.717, 1.165) is 16.9 Å². The summed E-state index contributed by atoms with van der Waals surface area (Å²) < 4.78 is 5.71. The second kappa shape index (κ2) is 11.6. The van der Waals surface area contributed by atoms with Crippen LogP contribution in [0.5, 0.6) is 5.75 Å². The molecule has 0 unspecified atom stereocenters. The highest BCUT2D eigenvalue weighted by molar-refractivity contribution is 6.10. The number of rotatable bonds is 6. The third-order valence-corrected chi connectivity index (χ3v) is 7.44. The van der Waals surface area contributed by atoms with E-state index in [0.29, 0.717) is 53.1 Å². The van der Waals surface area contributed by atoms with Gasteiger partial charge in [-0.1, -0.05) is 43.3 Å². The van der Waals surface area contributed by atoms with Crippen molar-refractivity contribution < 1.29 is 14.3 Å². The smallest absolute Gasteiger partial charge is 0.261 e. The van der Waals surface area contributed by atoms with Gasteiger partial charge in [-0.25, -0.2) is 9.83 Å². The summed E-state index contributed by atoms with van der Waals surface area (Å²) in [6.07, 6.45) is 3.66. The minimum absolute atomic E-state index is 0.0823. The highest BCUT2D eigenvalue weighted by Crippen LogP contribution is 2.35. The van der Waals surface area contributed by atoms with Crippen molar-refractivity contribution in [3.63, 3.8) is 0 Å². The molecule has 1 aliphatic heterocycles. The maximum absolute atomic E-state index is 13.3. The first kappa shape index (κ1) is 27.6. The number of carbonyl (C=O) groups is 2. The minimum Gasteiger partial charge on any atom is -0.495 e. The third-order valence-electron chi connectivity index (χ3n) is 7.44. The van der Waals surface area contributed by atoms with E-state index in [2.05, 4.69) is 38.9 Å². The number of anilines is 2. The maximum atomic E-state index is 13.3. The van der Waals surface area contributed by atoms with Crippen LogP contribution in [-0.2, 0) is 4.79 Å². The van der Waals surface area contributed by atoms with E-state index >= 15 is 0 Å². The lowest BCUT2D eigenvalue weighted by atomic mass is 10.00. The molecule has 2 aromatic carbocycles. The van der Waals surface area contributed by atoms with Gasteiger partial charge in [-0.3, -0.25) is 14.6 Å². The fourth-order valence-corrected chi connectivity index (χ4v) is 5.56. The fourth-order valence-electron chi connectivity index (χ4n) is 5.56. The fraction of sp³-hybridized carbons (Fsp3) is 0.281. The lowest BCUT2D eigenvalue weighted by molar-refractivity contribution is -0.135. The lowest BCUT2D eigenvalue weighted by Crippen LogP contribution is -2.58. The zero-order chi connectivity index (χ0) is 29.1. The Balaban J connectivity index is 1.35. The number of amides is 2. The first-order valence-corrected chi connectivity index (χ1v) is 13.6. The van der Waals surface area contributed by atoms with Crippen molar-refractivity contribution in [2.24, 2.45) is 0 Å². The molecule has 9 heteroatoms. The number of nitrogens with zero attached hydrogens (tertiary/aromatic N) is 5. The Bertz CT molecular complexity index is 1620. The second-order valence-electron chi connectivity index (χ2n) is 10.2. The number of hydrogen-bond acceptors (Lipinski definition) is 6. The van der Waals surface area contributed by atoms with Crippen LogP contribution in [0.3, 0.4) is 0 Å². The molecule has 0 saturated carbocycles. The van der Waals surface area contributed by atoms with Gasteiger partial charge in [0.15, 0.2) is 5.69 Å². The van der Waals surface area contributed by atoms with Crippen molar-refractivity contribution in [1.29, 1.82) is 0 Å². The number of methoxy groups -OCH3 is 1. The Kier molecular flexibility index (Phi) is 7.83. The number of piperazine rings is 1. The van der Waals surface area contributed by atoms with Crippen LogP contribution in [0.25, 0.3) is 26.9 Å². The summed E-state index contributed by atoms with van der Waals surface area (Å²) in [7, 11) is 1.54. The first-order chi connectivity index (χ1) is 19.8. The molecule has 4 aromatic rings. The van der Waals surface area contributed by atoms with Gasteiger partial charge in [0, 0.05) is 48.7 Å². The number of benzene rings is 2. The van der Waals surface area contributed by atoms with E-state index in [9.17, 15) is 9.59 Å². The quantitative estimate of drug-likeness (QED) is 0.300. The van der Waals surface area contributed by atoms with Crippen molar-refractivity contribution in [1.82, 2.24) is 14.9 Å². The van der Waals surface area contributed by atoms with Crippen LogP contribution in [0.15, 0.2) is 67.0 Å². The van der Waals surface area contributed by atoms with Gasteiger partial charge >= 0.3 is 0 Å². The molecular weight excluding hydrogens is 516 g/mol. The first-order valence-electron chi connectivity index (χ1n) is 13.6. The van der Waals surface area contributed by atoms with E-state index in [4.69, 9.17) is 11.3 Å². The molecule has 1 N–H and O–H groups in total. The highest BCUT2D eigenvalue weighted by atomic mass is 16.5. The summed E-state index contributed by atoms with van der Waals surface area (Å²) in [4.78, 5) is 42.5. The molecule has 1 saturated heterocycles. The summed E-state index contributed by atoms with van der Waals surface area (Å²) in [5.41, 5.74) is 3.93. The zero-order valence-corrected chi connectivity index (χ0v) is 23.6. The van der Waals surface area contributed by atoms with Crippen molar-refractivity contribution in [2.45, 2.75) is 39.3 Å². The van der Waals surface area contributed by atoms with Gasteiger partial charge in [0.05, 0.1) is 31.1 Å². The Morgan fingerprint density at radius 2 is 1.76 bits per heavy atom. The van der Waals surface area contributed by atoms with E-state index in [-0.39, 0.29) is 23.9 Å². The molecule has 0 aliphatic carbocycles. The van der Waals surface area contributed by atoms with Crippen LogP contribution in [0.2, 0.25) is 0 Å². The topological polar surface area (TPSA) is 92.0 Å². The van der Waals surface area contributed by atoms with Gasteiger partial charge in [-0.2, -0.15) is 0 Å². The molecule has 1 aliphatic rings. The molecule has 3 heterocycles. The Morgan fingerprint density at radius 3 is 2.37 bits per heavy atom. The summed E-state index contributed by atoms with van der Waals surface area (Å²) >= 11 is 0. The van der Waals surface area contributed by atoms with Gasteiger partial charge in [0.2, 0.25) is 5.91 Å². The van der Waals surface area contributed by atoms with E-state index in [1.807, 2.05) is 54.3 Å². The zero-order valence-electron chi connectivity index (χ0n) is 23.6. The molecule has 9 nitrogen and oxygen atoms in total. The molecule has 0 radical (unpaired) electrons. The molecule has 0 spiro atoms. The number of nitrogens with one attached hydrogen (secondary N) is 1. The van der Waals surface area contributed by atoms with Crippen molar-refractivity contribution in [2.75, 3.05) is 30.4 Å². The van der Waals surface area contributed by atoms with Crippen LogP contribution in [0.1, 0.15) is 37.6 Å². The van der Waals surface area contributed by atoms with Crippen molar-refractivity contribution in [3.8, 4) is 16.9 Å². The third kappa shape index (κ3) is 5.41. The van der Waals surface area contributed by atoms with Crippen LogP contribution in [0, 0.1) is 6.57 Å². The van der Waals surface area contributed by atoms with E-state index < -0.39 is 0 Å². The lowest BCUT2D eigenvalue weighted by Gasteiger charge is -2.45. The standard InChI is InChI=1S/C32H32N6O3/c1-6-29(39)38-20(2)18-37(19-21(38)3)28-15-14-24(16-34-28)36-32(40)27-17-35-30-25(8-7-9-26(30)31(27)41-5)22-10-12-23(33-4)13-11-22/h7-17,20-21H,6,18-19H2,1-3,5H3,(H,36,40)/t20-,21+. The molecule has 208 valence electrons. The summed E-state index contributed by atoms with van der Waals surface area (Å²) in [6.45, 7) is 14.6. The monoisotopic (exact) mass is 548 g/mol. The van der Waals surface area contributed by atoms with Gasteiger partial charge < -0.3 is 19.9 Å². The Hall–Kier alpha value is -4.97. The Morgan fingerprint density at radius 1 is 1.02 bits per heavy atom. The highest BCUT2D eigenvalue weighted by Gasteiger charge is 2.32.